The molecule has 0 aliphatic rings. The number of hydrogen-bond acceptors (Lipinski definition) is 6. The third-order valence-electron chi connectivity index (χ3n) is 17.5. The SMILES string of the molecule is CCCCCCC/C=C\C/C=C\CCCCCCCCCCCCCCCCCCCC(=O)OC(COC(=O)CCCCCCC)COC(=O)CCCCCCCCCCCCCCCCCCCCCCCCCCCCCCCCC. The summed E-state index contributed by atoms with van der Waals surface area (Å²) in [5.41, 5.74) is 0. The van der Waals surface area contributed by atoms with Crippen LogP contribution in [0.2, 0.25) is 0 Å². The van der Waals surface area contributed by atoms with Gasteiger partial charge in [-0.3, -0.25) is 14.4 Å². The van der Waals surface area contributed by atoms with Crippen LogP contribution in [0.5, 0.6) is 0 Å². The molecule has 0 aromatic carbocycles. The highest BCUT2D eigenvalue weighted by Crippen LogP contribution is 2.20. The number of carbonyl (C=O) groups is 3. The zero-order valence-corrected chi connectivity index (χ0v) is 56.5. The first-order valence-electron chi connectivity index (χ1n) is 37.8. The van der Waals surface area contributed by atoms with E-state index in [2.05, 4.69) is 45.1 Å². The lowest BCUT2D eigenvalue weighted by Crippen LogP contribution is -2.30. The van der Waals surface area contributed by atoms with E-state index in [1.807, 2.05) is 0 Å². The number of allylic oxidation sites excluding steroid dienone is 4. The van der Waals surface area contributed by atoms with Gasteiger partial charge < -0.3 is 14.2 Å². The van der Waals surface area contributed by atoms with Gasteiger partial charge in [-0.15, -0.1) is 0 Å². The second-order valence-electron chi connectivity index (χ2n) is 25.9. The summed E-state index contributed by atoms with van der Waals surface area (Å²) in [5.74, 6) is -0.848. The first-order valence-corrected chi connectivity index (χ1v) is 37.8. The largest absolute Gasteiger partial charge is 0.462 e. The number of carbonyl (C=O) groups excluding carboxylic acids is 3. The smallest absolute Gasteiger partial charge is 0.306 e. The Morgan fingerprint density at radius 1 is 0.241 bits per heavy atom. The molecule has 83 heavy (non-hydrogen) atoms. The van der Waals surface area contributed by atoms with Gasteiger partial charge >= 0.3 is 17.9 Å². The fourth-order valence-corrected chi connectivity index (χ4v) is 11.8. The summed E-state index contributed by atoms with van der Waals surface area (Å²) < 4.78 is 16.9. The average molecular weight is 1170 g/mol. The van der Waals surface area contributed by atoms with Crippen molar-refractivity contribution in [1.82, 2.24) is 0 Å². The van der Waals surface area contributed by atoms with Crippen molar-refractivity contribution in [3.05, 3.63) is 24.3 Å². The minimum absolute atomic E-state index is 0.0649. The van der Waals surface area contributed by atoms with E-state index in [-0.39, 0.29) is 31.1 Å². The van der Waals surface area contributed by atoms with Gasteiger partial charge in [-0.05, 0) is 51.4 Å². The topological polar surface area (TPSA) is 78.9 Å². The van der Waals surface area contributed by atoms with Crippen molar-refractivity contribution in [2.45, 2.75) is 438 Å². The molecule has 0 radical (unpaired) electrons. The molecule has 0 amide bonds. The molecule has 0 aliphatic carbocycles. The molecule has 0 fully saturated rings. The maximum atomic E-state index is 12.9. The summed E-state index contributed by atoms with van der Waals surface area (Å²) in [4.78, 5) is 38.1. The van der Waals surface area contributed by atoms with Gasteiger partial charge in [-0.25, -0.2) is 0 Å². The van der Waals surface area contributed by atoms with Crippen LogP contribution in [0, 0.1) is 0 Å². The molecule has 0 rings (SSSR count). The van der Waals surface area contributed by atoms with E-state index in [1.165, 1.54) is 321 Å². The van der Waals surface area contributed by atoms with Crippen molar-refractivity contribution >= 4 is 17.9 Å². The Kier molecular flexibility index (Phi) is 70.5. The van der Waals surface area contributed by atoms with Crippen LogP contribution in [0.1, 0.15) is 432 Å². The zero-order valence-electron chi connectivity index (χ0n) is 56.5. The van der Waals surface area contributed by atoms with Gasteiger partial charge in [0.05, 0.1) is 0 Å². The Hall–Kier alpha value is -2.11. The normalized spacial score (nSPS) is 12.1. The Labute approximate surface area is 519 Å². The maximum Gasteiger partial charge on any atom is 0.306 e. The van der Waals surface area contributed by atoms with Crippen molar-refractivity contribution < 1.29 is 28.6 Å². The van der Waals surface area contributed by atoms with Gasteiger partial charge in [-0.1, -0.05) is 385 Å². The van der Waals surface area contributed by atoms with Gasteiger partial charge in [0.1, 0.15) is 13.2 Å². The Morgan fingerprint density at radius 2 is 0.434 bits per heavy atom. The van der Waals surface area contributed by atoms with Gasteiger partial charge in [0.2, 0.25) is 0 Å². The van der Waals surface area contributed by atoms with Crippen molar-refractivity contribution in [2.75, 3.05) is 13.2 Å². The Bertz CT molecular complexity index is 1340. The zero-order chi connectivity index (χ0) is 59.9. The van der Waals surface area contributed by atoms with Gasteiger partial charge in [0, 0.05) is 19.3 Å². The molecule has 490 valence electrons. The lowest BCUT2D eigenvalue weighted by atomic mass is 10.0. The quantitative estimate of drug-likeness (QED) is 0.0261. The van der Waals surface area contributed by atoms with Crippen molar-refractivity contribution in [1.29, 1.82) is 0 Å². The fraction of sp³-hybridized carbons (Fsp3) is 0.909. The lowest BCUT2D eigenvalue weighted by Gasteiger charge is -2.18. The number of hydrogen-bond donors (Lipinski definition) is 0. The molecule has 0 spiro atoms. The molecular weight excluding hydrogens is 1020 g/mol. The Morgan fingerprint density at radius 3 is 0.663 bits per heavy atom. The second-order valence-corrected chi connectivity index (χ2v) is 25.9. The molecule has 1 atom stereocenters. The number of unbranched alkanes of at least 4 members (excludes halogenated alkanes) is 56. The van der Waals surface area contributed by atoms with Gasteiger partial charge in [0.15, 0.2) is 6.10 Å². The maximum absolute atomic E-state index is 12.9. The molecule has 0 aliphatic heterocycles. The molecule has 6 heteroatoms. The van der Waals surface area contributed by atoms with Crippen LogP contribution in [0.15, 0.2) is 24.3 Å². The first kappa shape index (κ1) is 80.9. The number of rotatable bonds is 71. The predicted octanol–water partition coefficient (Wildman–Crippen LogP) is 26.1. The summed E-state index contributed by atoms with van der Waals surface area (Å²) in [6, 6.07) is 0. The summed E-state index contributed by atoms with van der Waals surface area (Å²) in [5, 5.41) is 0. The molecule has 0 heterocycles. The van der Waals surface area contributed by atoms with Crippen LogP contribution in [0.3, 0.4) is 0 Å². The van der Waals surface area contributed by atoms with E-state index in [9.17, 15) is 14.4 Å². The van der Waals surface area contributed by atoms with E-state index >= 15 is 0 Å². The van der Waals surface area contributed by atoms with Gasteiger partial charge in [-0.2, -0.15) is 0 Å². The van der Waals surface area contributed by atoms with Crippen molar-refractivity contribution in [2.24, 2.45) is 0 Å². The highest BCUT2D eigenvalue weighted by atomic mass is 16.6. The summed E-state index contributed by atoms with van der Waals surface area (Å²) in [6.07, 6.45) is 90.1. The minimum Gasteiger partial charge on any atom is -0.462 e. The Balaban J connectivity index is 3.87. The summed E-state index contributed by atoms with van der Waals surface area (Å²) in [7, 11) is 0. The second kappa shape index (κ2) is 72.4. The van der Waals surface area contributed by atoms with Crippen LogP contribution in [-0.2, 0) is 28.6 Å². The third-order valence-corrected chi connectivity index (χ3v) is 17.5. The first-order chi connectivity index (χ1) is 41.0. The number of ether oxygens (including phenoxy) is 3. The molecule has 0 bridgehead atoms. The van der Waals surface area contributed by atoms with Crippen LogP contribution in [-0.4, -0.2) is 37.2 Å². The standard InChI is InChI=1S/C77H146O6/c1-4-7-10-13-15-17-19-21-23-25-27-29-31-33-35-37-38-40-41-43-45-47-49-51-53-55-57-59-61-64-67-70-76(79)82-73-74(72-81-75(78)69-66-63-12-9-6-3)83-77(80)71-68-65-62-60-58-56-54-52-50-48-46-44-42-39-36-34-32-30-28-26-24-22-20-18-16-14-11-8-5-2/h20,22,26,28,74H,4-19,21,23-25,27,29-73H2,1-3H3/b22-20-,28-26-. The highest BCUT2D eigenvalue weighted by molar-refractivity contribution is 5.71. The molecule has 1 unspecified atom stereocenters. The average Bonchev–Trinajstić information content (AvgIpc) is 3.48. The molecule has 0 aromatic heterocycles. The molecule has 0 N–H and O–H groups in total. The van der Waals surface area contributed by atoms with Crippen LogP contribution in [0.4, 0.5) is 0 Å². The molecule has 0 aromatic rings. The van der Waals surface area contributed by atoms with Crippen LogP contribution < -0.4 is 0 Å². The van der Waals surface area contributed by atoms with E-state index in [0.29, 0.717) is 19.3 Å². The third kappa shape index (κ3) is 70.5. The van der Waals surface area contributed by atoms with Crippen LogP contribution >= 0.6 is 0 Å². The lowest BCUT2D eigenvalue weighted by molar-refractivity contribution is -0.167. The van der Waals surface area contributed by atoms with Gasteiger partial charge in [0.25, 0.3) is 0 Å². The monoisotopic (exact) mass is 1170 g/mol. The van der Waals surface area contributed by atoms with E-state index in [1.54, 1.807) is 0 Å². The molecule has 0 saturated heterocycles. The molecular formula is C77H146O6. The minimum atomic E-state index is -0.765. The van der Waals surface area contributed by atoms with Crippen molar-refractivity contribution in [3.63, 3.8) is 0 Å². The summed E-state index contributed by atoms with van der Waals surface area (Å²) >= 11 is 0. The van der Waals surface area contributed by atoms with E-state index in [0.717, 1.165) is 70.6 Å². The highest BCUT2D eigenvalue weighted by Gasteiger charge is 2.20. The van der Waals surface area contributed by atoms with Crippen molar-refractivity contribution in [3.8, 4) is 0 Å². The number of esters is 3. The molecule has 6 nitrogen and oxygen atoms in total. The summed E-state index contributed by atoms with van der Waals surface area (Å²) in [6.45, 7) is 6.63. The van der Waals surface area contributed by atoms with E-state index < -0.39 is 6.10 Å². The van der Waals surface area contributed by atoms with Crippen LogP contribution in [0.25, 0.3) is 0 Å². The van der Waals surface area contributed by atoms with E-state index in [4.69, 9.17) is 14.2 Å². The fourth-order valence-electron chi connectivity index (χ4n) is 11.8. The molecule has 0 saturated carbocycles. The predicted molar refractivity (Wildman–Crippen MR) is 363 cm³/mol.